The number of hydrogen-bond donors (Lipinski definition) is 1. The summed E-state index contributed by atoms with van der Waals surface area (Å²) in [6.07, 6.45) is 2.34. The molecule has 0 aliphatic heterocycles. The summed E-state index contributed by atoms with van der Waals surface area (Å²) >= 11 is 5.75. The van der Waals surface area contributed by atoms with Crippen molar-refractivity contribution < 1.29 is 9.18 Å². The highest BCUT2D eigenvalue weighted by atomic mass is 35.5. The molecule has 2 heterocycles. The van der Waals surface area contributed by atoms with Crippen LogP contribution in [0.25, 0.3) is 16.8 Å². The van der Waals surface area contributed by atoms with E-state index in [4.69, 9.17) is 11.6 Å². The van der Waals surface area contributed by atoms with Gasteiger partial charge < -0.3 is 5.32 Å². The highest BCUT2D eigenvalue weighted by Gasteiger charge is 2.12. The molecule has 1 amide bonds. The molecule has 9 heteroatoms. The molecule has 0 atom stereocenters. The summed E-state index contributed by atoms with van der Waals surface area (Å²) in [7, 11) is 0. The van der Waals surface area contributed by atoms with Crippen molar-refractivity contribution in [1.82, 2.24) is 24.7 Å². The Morgan fingerprint density at radius 2 is 1.87 bits per heavy atom. The number of halogens is 2. The van der Waals surface area contributed by atoms with Gasteiger partial charge >= 0.3 is 0 Å². The second-order valence-corrected chi connectivity index (χ2v) is 7.44. The standard InChI is InChI=1S/C22H19ClFN5O2/c1-2-14-3-6-16(7-4-14)19-10-20-22(31)28(26-13-29(20)27-19)12-21(30)25-11-15-5-8-18(24)17(23)9-15/h3-10,13H,2,11-12H2,1H3,(H,25,30). The minimum atomic E-state index is -0.526. The van der Waals surface area contributed by atoms with Gasteiger partial charge in [-0.15, -0.1) is 0 Å². The molecule has 2 aromatic carbocycles. The zero-order valence-corrected chi connectivity index (χ0v) is 17.4. The Morgan fingerprint density at radius 3 is 2.58 bits per heavy atom. The number of aromatic nitrogens is 4. The molecule has 7 nitrogen and oxygen atoms in total. The number of rotatable bonds is 6. The lowest BCUT2D eigenvalue weighted by molar-refractivity contribution is -0.122. The smallest absolute Gasteiger partial charge is 0.293 e. The number of fused-ring (bicyclic) bond motifs is 1. The van der Waals surface area contributed by atoms with E-state index in [0.717, 1.165) is 16.7 Å². The van der Waals surface area contributed by atoms with Gasteiger partial charge in [0.2, 0.25) is 5.91 Å². The van der Waals surface area contributed by atoms with Crippen LogP contribution < -0.4 is 10.9 Å². The third-order valence-electron chi connectivity index (χ3n) is 4.91. The van der Waals surface area contributed by atoms with Crippen LogP contribution in [-0.2, 0) is 24.3 Å². The first kappa shape index (κ1) is 20.7. The van der Waals surface area contributed by atoms with Crippen LogP contribution in [-0.4, -0.2) is 25.3 Å². The van der Waals surface area contributed by atoms with Crippen LogP contribution >= 0.6 is 11.6 Å². The van der Waals surface area contributed by atoms with Crippen LogP contribution in [0, 0.1) is 5.82 Å². The van der Waals surface area contributed by atoms with Crippen LogP contribution in [0.5, 0.6) is 0 Å². The number of carbonyl (C=O) groups excluding carboxylic acids is 1. The monoisotopic (exact) mass is 439 g/mol. The molecular formula is C22H19ClFN5O2. The van der Waals surface area contributed by atoms with E-state index >= 15 is 0 Å². The molecule has 2 aromatic heterocycles. The van der Waals surface area contributed by atoms with Gasteiger partial charge in [0.15, 0.2) is 0 Å². The Balaban J connectivity index is 1.50. The molecule has 0 aliphatic rings. The fourth-order valence-electron chi connectivity index (χ4n) is 3.15. The highest BCUT2D eigenvalue weighted by molar-refractivity contribution is 6.30. The zero-order valence-electron chi connectivity index (χ0n) is 16.7. The van der Waals surface area contributed by atoms with Gasteiger partial charge in [-0.2, -0.15) is 10.2 Å². The van der Waals surface area contributed by atoms with Gasteiger partial charge in [0.05, 0.1) is 10.7 Å². The number of nitrogens with one attached hydrogen (secondary N) is 1. The Kier molecular flexibility index (Phi) is 5.81. The molecule has 0 spiro atoms. The van der Waals surface area contributed by atoms with Crippen molar-refractivity contribution in [2.45, 2.75) is 26.4 Å². The minimum Gasteiger partial charge on any atom is -0.350 e. The van der Waals surface area contributed by atoms with Gasteiger partial charge in [0, 0.05) is 12.1 Å². The van der Waals surface area contributed by atoms with Gasteiger partial charge in [-0.25, -0.2) is 13.6 Å². The van der Waals surface area contributed by atoms with E-state index in [0.29, 0.717) is 16.8 Å². The second kappa shape index (κ2) is 8.69. The topological polar surface area (TPSA) is 81.3 Å². The largest absolute Gasteiger partial charge is 0.350 e. The van der Waals surface area contributed by atoms with Crippen LogP contribution in [0.1, 0.15) is 18.1 Å². The molecule has 0 unspecified atom stereocenters. The van der Waals surface area contributed by atoms with Gasteiger partial charge in [-0.3, -0.25) is 9.59 Å². The second-order valence-electron chi connectivity index (χ2n) is 7.03. The summed E-state index contributed by atoms with van der Waals surface area (Å²) in [5.41, 5.74) is 3.30. The number of amides is 1. The molecule has 4 aromatic rings. The normalized spacial score (nSPS) is 11.1. The highest BCUT2D eigenvalue weighted by Crippen LogP contribution is 2.19. The quantitative estimate of drug-likeness (QED) is 0.500. The van der Waals surface area contributed by atoms with Crippen molar-refractivity contribution in [2.75, 3.05) is 0 Å². The molecule has 4 rings (SSSR count). The maximum atomic E-state index is 13.2. The first-order valence-electron chi connectivity index (χ1n) is 9.70. The molecule has 0 saturated carbocycles. The summed E-state index contributed by atoms with van der Waals surface area (Å²) in [4.78, 5) is 25.0. The Labute approximate surface area is 182 Å². The summed E-state index contributed by atoms with van der Waals surface area (Å²) in [5.74, 6) is -0.934. The SMILES string of the molecule is CCc1ccc(-c2cc3c(=O)n(CC(=O)NCc4ccc(F)c(Cl)c4)ncn3n2)cc1. The molecule has 31 heavy (non-hydrogen) atoms. The Morgan fingerprint density at radius 1 is 1.13 bits per heavy atom. The number of carbonyl (C=O) groups is 1. The van der Waals surface area contributed by atoms with E-state index in [9.17, 15) is 14.0 Å². The lowest BCUT2D eigenvalue weighted by Gasteiger charge is -2.07. The van der Waals surface area contributed by atoms with Gasteiger partial charge in [0.25, 0.3) is 5.56 Å². The Bertz CT molecular complexity index is 1310. The Hall–Kier alpha value is -3.52. The predicted molar refractivity (Wildman–Crippen MR) is 115 cm³/mol. The summed E-state index contributed by atoms with van der Waals surface area (Å²) in [6, 6.07) is 13.8. The first-order valence-corrected chi connectivity index (χ1v) is 10.1. The van der Waals surface area contributed by atoms with E-state index < -0.39 is 17.3 Å². The number of hydrogen-bond acceptors (Lipinski definition) is 4. The maximum absolute atomic E-state index is 13.2. The first-order chi connectivity index (χ1) is 14.9. The van der Waals surface area contributed by atoms with E-state index in [1.807, 2.05) is 24.3 Å². The fourth-order valence-corrected chi connectivity index (χ4v) is 3.35. The van der Waals surface area contributed by atoms with E-state index in [-0.39, 0.29) is 18.1 Å². The summed E-state index contributed by atoms with van der Waals surface area (Å²) in [6.45, 7) is 1.98. The molecule has 0 bridgehead atoms. The third kappa shape index (κ3) is 4.49. The number of nitrogens with zero attached hydrogens (tertiary/aromatic N) is 4. The molecule has 158 valence electrons. The predicted octanol–water partition coefficient (Wildman–Crippen LogP) is 3.23. The molecule has 1 N–H and O–H groups in total. The van der Waals surface area contributed by atoms with Gasteiger partial charge in [-0.1, -0.05) is 48.9 Å². The van der Waals surface area contributed by atoms with E-state index in [1.165, 1.54) is 34.6 Å². The van der Waals surface area contributed by atoms with Crippen molar-refractivity contribution in [3.63, 3.8) is 0 Å². The molecular weight excluding hydrogens is 421 g/mol. The van der Waals surface area contributed by atoms with Crippen LogP contribution in [0.4, 0.5) is 4.39 Å². The van der Waals surface area contributed by atoms with Crippen LogP contribution in [0.2, 0.25) is 5.02 Å². The van der Waals surface area contributed by atoms with Crippen molar-refractivity contribution in [3.05, 3.63) is 87.2 Å². The average molecular weight is 440 g/mol. The van der Waals surface area contributed by atoms with Crippen LogP contribution in [0.3, 0.4) is 0 Å². The molecule has 0 radical (unpaired) electrons. The van der Waals surface area contributed by atoms with Crippen molar-refractivity contribution >= 4 is 23.0 Å². The molecule has 0 aliphatic carbocycles. The fraction of sp³-hybridized carbons (Fsp3) is 0.182. The maximum Gasteiger partial charge on any atom is 0.293 e. The lowest BCUT2D eigenvalue weighted by Crippen LogP contribution is -2.34. The van der Waals surface area contributed by atoms with Crippen LogP contribution in [0.15, 0.2) is 59.7 Å². The van der Waals surface area contributed by atoms with Crippen molar-refractivity contribution in [2.24, 2.45) is 0 Å². The third-order valence-corrected chi connectivity index (χ3v) is 5.20. The number of aryl methyl sites for hydroxylation is 1. The minimum absolute atomic E-state index is 0.0176. The average Bonchev–Trinajstić information content (AvgIpc) is 3.22. The zero-order chi connectivity index (χ0) is 22.0. The summed E-state index contributed by atoms with van der Waals surface area (Å²) < 4.78 is 15.7. The molecule has 0 fully saturated rings. The van der Waals surface area contributed by atoms with E-state index in [2.05, 4.69) is 22.4 Å². The summed E-state index contributed by atoms with van der Waals surface area (Å²) in [5, 5.41) is 11.1. The van der Waals surface area contributed by atoms with E-state index in [1.54, 1.807) is 6.07 Å². The van der Waals surface area contributed by atoms with Crippen molar-refractivity contribution in [1.29, 1.82) is 0 Å². The number of benzene rings is 2. The molecule has 0 saturated heterocycles. The van der Waals surface area contributed by atoms with Gasteiger partial charge in [0.1, 0.15) is 24.2 Å². The lowest BCUT2D eigenvalue weighted by atomic mass is 10.1. The van der Waals surface area contributed by atoms with Crippen molar-refractivity contribution in [3.8, 4) is 11.3 Å². The van der Waals surface area contributed by atoms with Gasteiger partial charge in [-0.05, 0) is 35.7 Å².